The molecule has 1 unspecified atom stereocenters. The zero-order valence-corrected chi connectivity index (χ0v) is 20.3. The van der Waals surface area contributed by atoms with Crippen LogP contribution in [0, 0.1) is 0 Å². The first kappa shape index (κ1) is 24.4. The van der Waals surface area contributed by atoms with Crippen molar-refractivity contribution < 1.29 is 14.9 Å². The van der Waals surface area contributed by atoms with Crippen LogP contribution in [0.5, 0.6) is 5.75 Å². The van der Waals surface area contributed by atoms with Gasteiger partial charge < -0.3 is 19.8 Å². The number of fused-ring (bicyclic) bond motifs is 1. The van der Waals surface area contributed by atoms with Crippen molar-refractivity contribution in [3.8, 4) is 17.3 Å². The van der Waals surface area contributed by atoms with Gasteiger partial charge in [-0.25, -0.2) is 9.97 Å². The Kier molecular flexibility index (Phi) is 7.07. The predicted octanol–water partition coefficient (Wildman–Crippen LogP) is 2.66. The summed E-state index contributed by atoms with van der Waals surface area (Å²) in [5, 5.41) is 23.5. The molecule has 0 spiro atoms. The Hall–Kier alpha value is -2.29. The van der Waals surface area contributed by atoms with Gasteiger partial charge in [0.2, 0.25) is 0 Å². The minimum absolute atomic E-state index is 0.0631. The Labute approximate surface area is 191 Å². The topological polar surface area (TPSA) is 104 Å². The number of rotatable bonds is 9. The summed E-state index contributed by atoms with van der Waals surface area (Å²) in [6.45, 7) is 12.4. The molecule has 2 heterocycles. The van der Waals surface area contributed by atoms with E-state index in [1.54, 1.807) is 32.2 Å². The maximum absolute atomic E-state index is 10.4. The van der Waals surface area contributed by atoms with E-state index in [0.29, 0.717) is 23.8 Å². The highest BCUT2D eigenvalue weighted by Gasteiger charge is 2.35. The third-order valence-electron chi connectivity index (χ3n) is 5.51. The van der Waals surface area contributed by atoms with Crippen LogP contribution < -0.4 is 15.0 Å². The predicted molar refractivity (Wildman–Crippen MR) is 126 cm³/mol. The van der Waals surface area contributed by atoms with Crippen LogP contribution in [0.2, 0.25) is 0 Å². The van der Waals surface area contributed by atoms with Crippen LogP contribution >= 0.6 is 0 Å². The van der Waals surface area contributed by atoms with Gasteiger partial charge in [0, 0.05) is 36.3 Å². The highest BCUT2D eigenvalue weighted by atomic mass is 16.5. The average Bonchev–Trinajstić information content (AvgIpc) is 2.99. The molecule has 8 nitrogen and oxygen atoms in total. The normalized spacial score (nSPS) is 16.2. The summed E-state index contributed by atoms with van der Waals surface area (Å²) in [5.74, 6) is 1.96. The van der Waals surface area contributed by atoms with E-state index in [9.17, 15) is 10.2 Å². The van der Waals surface area contributed by atoms with Crippen LogP contribution in [-0.2, 0) is 11.8 Å². The number of likely N-dealkylation sites (N-methyl/N-ethyl adjacent to an activating group) is 1. The highest BCUT2D eigenvalue weighted by molar-refractivity contribution is 5.61. The third-order valence-corrected chi connectivity index (χ3v) is 5.51. The van der Waals surface area contributed by atoms with Crippen molar-refractivity contribution in [2.24, 2.45) is 0 Å². The number of pyridine rings is 1. The van der Waals surface area contributed by atoms with Gasteiger partial charge in [0.05, 0.1) is 17.8 Å². The van der Waals surface area contributed by atoms with Gasteiger partial charge >= 0.3 is 0 Å². The summed E-state index contributed by atoms with van der Waals surface area (Å²) in [7, 11) is 1.94. The lowest BCUT2D eigenvalue weighted by molar-refractivity contribution is 0.0285. The first-order valence-corrected chi connectivity index (χ1v) is 11.2. The Balaban J connectivity index is 1.97. The molecule has 2 aromatic rings. The molecule has 3 N–H and O–H groups in total. The molecular weight excluding hydrogens is 406 g/mol. The van der Waals surface area contributed by atoms with Crippen molar-refractivity contribution in [3.05, 3.63) is 29.6 Å². The Morgan fingerprint density at radius 2 is 2.00 bits per heavy atom. The van der Waals surface area contributed by atoms with E-state index < -0.39 is 11.8 Å². The first-order valence-electron chi connectivity index (χ1n) is 11.2. The molecule has 1 aliphatic carbocycles. The average molecular weight is 444 g/mol. The fraction of sp³-hybridized carbons (Fsp3) is 0.625. The number of hydrogen-bond acceptors (Lipinski definition) is 8. The van der Waals surface area contributed by atoms with E-state index in [1.165, 1.54) is 0 Å². The molecule has 0 bridgehead atoms. The van der Waals surface area contributed by atoms with Gasteiger partial charge in [-0.2, -0.15) is 0 Å². The fourth-order valence-electron chi connectivity index (χ4n) is 3.91. The molecule has 32 heavy (non-hydrogen) atoms. The molecule has 176 valence electrons. The van der Waals surface area contributed by atoms with E-state index in [-0.39, 0.29) is 18.1 Å². The third kappa shape index (κ3) is 5.94. The summed E-state index contributed by atoms with van der Waals surface area (Å²) in [5.41, 5.74) is 1.77. The van der Waals surface area contributed by atoms with Crippen molar-refractivity contribution in [2.45, 2.75) is 77.7 Å². The van der Waals surface area contributed by atoms with Gasteiger partial charge in [-0.3, -0.25) is 10.3 Å². The van der Waals surface area contributed by atoms with Crippen molar-refractivity contribution in [3.63, 3.8) is 0 Å². The van der Waals surface area contributed by atoms with Gasteiger partial charge in [-0.1, -0.05) is 13.8 Å². The maximum atomic E-state index is 10.4. The number of nitrogens with zero attached hydrogens (tertiary/aromatic N) is 4. The summed E-state index contributed by atoms with van der Waals surface area (Å²) < 4.78 is 5.74. The number of ether oxygens (including phenoxy) is 1. The fourth-order valence-corrected chi connectivity index (χ4v) is 3.91. The second kappa shape index (κ2) is 9.29. The van der Waals surface area contributed by atoms with E-state index in [0.717, 1.165) is 29.9 Å². The SMILES string of the molecule is CC(C)NC(O)CN(C)c1nc(-c2cc(OCC(C)(C)O)ccn2)nc2c1CCC2(C)C. The summed E-state index contributed by atoms with van der Waals surface area (Å²) in [4.78, 5) is 16.3. The molecule has 0 amide bonds. The van der Waals surface area contributed by atoms with Crippen molar-refractivity contribution in [2.75, 3.05) is 25.1 Å². The number of aliphatic hydroxyl groups is 2. The molecule has 0 radical (unpaired) electrons. The van der Waals surface area contributed by atoms with E-state index in [1.807, 2.05) is 25.8 Å². The van der Waals surface area contributed by atoms with E-state index >= 15 is 0 Å². The summed E-state index contributed by atoms with van der Waals surface area (Å²) >= 11 is 0. The molecule has 3 rings (SSSR count). The monoisotopic (exact) mass is 443 g/mol. The lowest BCUT2D eigenvalue weighted by Crippen LogP contribution is -2.43. The number of nitrogens with one attached hydrogen (secondary N) is 1. The molecule has 0 aliphatic heterocycles. The molecule has 0 fully saturated rings. The van der Waals surface area contributed by atoms with Crippen LogP contribution in [0.15, 0.2) is 18.3 Å². The van der Waals surface area contributed by atoms with Gasteiger partial charge in [0.1, 0.15) is 30.1 Å². The van der Waals surface area contributed by atoms with Crippen LogP contribution in [0.25, 0.3) is 11.5 Å². The lowest BCUT2D eigenvalue weighted by atomic mass is 9.90. The van der Waals surface area contributed by atoms with Gasteiger partial charge in [0.25, 0.3) is 0 Å². The molecule has 0 saturated carbocycles. The molecule has 0 saturated heterocycles. The van der Waals surface area contributed by atoms with Crippen molar-refractivity contribution in [1.29, 1.82) is 0 Å². The Morgan fingerprint density at radius 1 is 1.28 bits per heavy atom. The summed E-state index contributed by atoms with van der Waals surface area (Å²) in [6.07, 6.45) is 2.89. The zero-order chi connectivity index (χ0) is 23.7. The van der Waals surface area contributed by atoms with Gasteiger partial charge in [0.15, 0.2) is 5.82 Å². The van der Waals surface area contributed by atoms with Crippen LogP contribution in [-0.4, -0.2) is 63.2 Å². The van der Waals surface area contributed by atoms with Gasteiger partial charge in [-0.05, 0) is 46.6 Å². The molecule has 2 aromatic heterocycles. The Morgan fingerprint density at radius 3 is 2.66 bits per heavy atom. The molecule has 1 aliphatic rings. The van der Waals surface area contributed by atoms with Gasteiger partial charge in [-0.15, -0.1) is 0 Å². The second-order valence-electron chi connectivity index (χ2n) is 10.3. The highest BCUT2D eigenvalue weighted by Crippen LogP contribution is 2.41. The van der Waals surface area contributed by atoms with Crippen LogP contribution in [0.4, 0.5) is 5.82 Å². The van der Waals surface area contributed by atoms with Crippen LogP contribution in [0.1, 0.15) is 59.2 Å². The largest absolute Gasteiger partial charge is 0.490 e. The number of aliphatic hydroxyl groups excluding tert-OH is 1. The zero-order valence-electron chi connectivity index (χ0n) is 20.3. The van der Waals surface area contributed by atoms with E-state index in [4.69, 9.17) is 14.7 Å². The quantitative estimate of drug-likeness (QED) is 0.508. The van der Waals surface area contributed by atoms with Crippen molar-refractivity contribution >= 4 is 5.82 Å². The second-order valence-corrected chi connectivity index (χ2v) is 10.3. The number of hydrogen-bond donors (Lipinski definition) is 3. The number of anilines is 1. The first-order chi connectivity index (χ1) is 14.9. The minimum atomic E-state index is -0.932. The minimum Gasteiger partial charge on any atom is -0.490 e. The Bertz CT molecular complexity index is 940. The molecule has 8 heteroatoms. The molecule has 0 aromatic carbocycles. The molecular formula is C24H37N5O3. The van der Waals surface area contributed by atoms with Crippen molar-refractivity contribution in [1.82, 2.24) is 20.3 Å². The molecule has 1 atom stereocenters. The van der Waals surface area contributed by atoms with E-state index in [2.05, 4.69) is 24.1 Å². The summed E-state index contributed by atoms with van der Waals surface area (Å²) in [6, 6.07) is 3.74. The smallest absolute Gasteiger partial charge is 0.180 e. The lowest BCUT2D eigenvalue weighted by Gasteiger charge is -2.26. The number of aromatic nitrogens is 3. The maximum Gasteiger partial charge on any atom is 0.180 e. The standard InChI is InChI=1S/C24H37N5O3/c1-15(2)26-19(30)13-29(7)22-17-8-10-23(3,4)20(17)27-21(28-22)18-12-16(9-11-25-18)32-14-24(5,6)31/h9,11-12,15,19,26,30-31H,8,10,13-14H2,1-7H3. The van der Waals surface area contributed by atoms with Crippen LogP contribution in [0.3, 0.4) is 0 Å².